The highest BCUT2D eigenvalue weighted by atomic mass is 19.4. The topological polar surface area (TPSA) is 103 Å². The van der Waals surface area contributed by atoms with Crippen molar-refractivity contribution >= 4 is 11.9 Å². The van der Waals surface area contributed by atoms with Crippen molar-refractivity contribution in [1.82, 2.24) is 14.8 Å². The van der Waals surface area contributed by atoms with E-state index in [1.54, 1.807) is 12.3 Å². The van der Waals surface area contributed by atoms with Crippen molar-refractivity contribution < 1.29 is 55.3 Å². The van der Waals surface area contributed by atoms with Crippen LogP contribution in [0.3, 0.4) is 0 Å². The number of alkyl halides is 6. The first kappa shape index (κ1) is 31.7. The average Bonchev–Trinajstić information content (AvgIpc) is 3.59. The second-order valence-electron chi connectivity index (χ2n) is 9.62. The van der Waals surface area contributed by atoms with Gasteiger partial charge in [0, 0.05) is 37.4 Å². The number of carbonyl (C=O) groups is 2. The van der Waals surface area contributed by atoms with E-state index in [0.29, 0.717) is 12.5 Å². The molecule has 8 nitrogen and oxygen atoms in total. The molecule has 1 aromatic heterocycles. The van der Waals surface area contributed by atoms with Gasteiger partial charge in [-0.1, -0.05) is 0 Å². The summed E-state index contributed by atoms with van der Waals surface area (Å²) in [7, 11) is 2.25. The fourth-order valence-electron chi connectivity index (χ4n) is 4.51. The molecule has 2 unspecified atom stereocenters. The number of nitrogens with zero attached hydrogens (tertiary/aromatic N) is 3. The van der Waals surface area contributed by atoms with Crippen LogP contribution in [0.25, 0.3) is 0 Å². The van der Waals surface area contributed by atoms with Gasteiger partial charge in [0.2, 0.25) is 0 Å². The molecule has 2 N–H and O–H groups in total. The van der Waals surface area contributed by atoms with Crippen LogP contribution in [0.2, 0.25) is 0 Å². The summed E-state index contributed by atoms with van der Waals surface area (Å²) in [6.07, 6.45) is -1.02. The van der Waals surface area contributed by atoms with Crippen LogP contribution >= 0.6 is 0 Å². The van der Waals surface area contributed by atoms with Crippen LogP contribution in [-0.2, 0) is 20.9 Å². The quantitative estimate of drug-likeness (QED) is 0.521. The molecule has 2 saturated heterocycles. The van der Waals surface area contributed by atoms with Gasteiger partial charge in [-0.05, 0) is 57.7 Å². The molecule has 0 radical (unpaired) electrons. The zero-order valence-electron chi connectivity index (χ0n) is 20.6. The molecule has 15 heteroatoms. The summed E-state index contributed by atoms with van der Waals surface area (Å²) in [5, 5.41) is 14.2. The number of pyridine rings is 1. The molecule has 38 heavy (non-hydrogen) atoms. The van der Waals surface area contributed by atoms with Crippen molar-refractivity contribution in [1.29, 1.82) is 0 Å². The van der Waals surface area contributed by atoms with Crippen molar-refractivity contribution in [3.63, 3.8) is 0 Å². The van der Waals surface area contributed by atoms with Crippen LogP contribution < -0.4 is 0 Å². The lowest BCUT2D eigenvalue weighted by Gasteiger charge is -2.40. The van der Waals surface area contributed by atoms with Gasteiger partial charge in [0.25, 0.3) is 0 Å². The van der Waals surface area contributed by atoms with Gasteiger partial charge < -0.3 is 19.8 Å². The predicted octanol–water partition coefficient (Wildman–Crippen LogP) is 3.95. The predicted molar refractivity (Wildman–Crippen MR) is 119 cm³/mol. The van der Waals surface area contributed by atoms with Gasteiger partial charge in [0.15, 0.2) is 0 Å². The normalized spacial score (nSPS) is 23.9. The molecule has 0 bridgehead atoms. The summed E-state index contributed by atoms with van der Waals surface area (Å²) >= 11 is 0. The number of halogens is 7. The van der Waals surface area contributed by atoms with Crippen LogP contribution in [0.4, 0.5) is 30.7 Å². The molecule has 2 atom stereocenters. The number of piperidine rings is 1. The Morgan fingerprint density at radius 1 is 1.16 bits per heavy atom. The Labute approximate surface area is 214 Å². The minimum Gasteiger partial charge on any atom is -0.475 e. The first-order valence-electron chi connectivity index (χ1n) is 11.8. The monoisotopic (exact) mass is 561 g/mol. The third-order valence-corrected chi connectivity index (χ3v) is 6.36. The smallest absolute Gasteiger partial charge is 0.475 e. The number of aliphatic carboxylic acids is 2. The van der Waals surface area contributed by atoms with Gasteiger partial charge in [-0.3, -0.25) is 9.88 Å². The van der Waals surface area contributed by atoms with Crippen LogP contribution in [0.15, 0.2) is 18.5 Å². The summed E-state index contributed by atoms with van der Waals surface area (Å²) in [6.45, 7) is 4.66. The summed E-state index contributed by atoms with van der Waals surface area (Å²) in [4.78, 5) is 26.5. The molecule has 0 amide bonds. The number of carboxylic acid groups (broad SMARTS) is 2. The Morgan fingerprint density at radius 3 is 2.24 bits per heavy atom. The largest absolute Gasteiger partial charge is 0.490 e. The molecule has 216 valence electrons. The van der Waals surface area contributed by atoms with Crippen LogP contribution in [0.1, 0.15) is 37.7 Å². The van der Waals surface area contributed by atoms with E-state index in [0.717, 1.165) is 57.1 Å². The first-order chi connectivity index (χ1) is 17.5. The summed E-state index contributed by atoms with van der Waals surface area (Å²) in [6, 6.07) is 2.61. The Hall–Kier alpha value is -2.52. The molecule has 2 aliphatic heterocycles. The number of hydrogen-bond donors (Lipinski definition) is 2. The van der Waals surface area contributed by atoms with E-state index in [-0.39, 0.29) is 11.4 Å². The summed E-state index contributed by atoms with van der Waals surface area (Å²) in [5.74, 6) is -5.07. The van der Waals surface area contributed by atoms with Gasteiger partial charge in [-0.2, -0.15) is 26.3 Å². The summed E-state index contributed by atoms with van der Waals surface area (Å²) < 4.78 is 83.7. The Morgan fingerprint density at radius 2 is 1.74 bits per heavy atom. The molecule has 3 aliphatic rings. The molecule has 3 fully saturated rings. The Bertz CT molecular complexity index is 919. The van der Waals surface area contributed by atoms with E-state index >= 15 is 0 Å². The molecular formula is C23H30F7N3O5. The van der Waals surface area contributed by atoms with Crippen molar-refractivity contribution in [2.75, 3.05) is 33.3 Å². The molecule has 3 heterocycles. The van der Waals surface area contributed by atoms with Gasteiger partial charge >= 0.3 is 24.3 Å². The third kappa shape index (κ3) is 10.3. The first-order valence-corrected chi connectivity index (χ1v) is 11.8. The second-order valence-corrected chi connectivity index (χ2v) is 9.62. The lowest BCUT2D eigenvalue weighted by Crippen LogP contribution is -2.47. The van der Waals surface area contributed by atoms with E-state index in [1.807, 2.05) is 0 Å². The second kappa shape index (κ2) is 13.0. The average molecular weight is 561 g/mol. The van der Waals surface area contributed by atoms with Crippen LogP contribution in [0.5, 0.6) is 0 Å². The number of ether oxygens (including phenoxy) is 1. The van der Waals surface area contributed by atoms with Gasteiger partial charge in [0.05, 0.1) is 18.4 Å². The fourth-order valence-corrected chi connectivity index (χ4v) is 4.51. The molecule has 1 spiro atoms. The number of likely N-dealkylation sites (tertiary alicyclic amines) is 1. The minimum absolute atomic E-state index is 0.00316. The van der Waals surface area contributed by atoms with Crippen molar-refractivity contribution in [3.8, 4) is 0 Å². The van der Waals surface area contributed by atoms with E-state index in [2.05, 4.69) is 21.8 Å². The standard InChI is InChI=1S/C19H28FN3O.2C2HF3O2/c1-22(17-3-4-17)11-15-9-19(24-13-15)6-2-8-23(14-19)12-16-5-7-21-10-18(16)20;2*3-2(4,5)1(6)7/h5,7,10,15,17H,2-4,6,8-9,11-14H2,1H3;2*(H,6,7). The lowest BCUT2D eigenvalue weighted by atomic mass is 9.86. The van der Waals surface area contributed by atoms with Crippen molar-refractivity contribution in [2.24, 2.45) is 5.92 Å². The maximum absolute atomic E-state index is 13.9. The highest BCUT2D eigenvalue weighted by Gasteiger charge is 2.44. The molecule has 1 aliphatic carbocycles. The highest BCUT2D eigenvalue weighted by molar-refractivity contribution is 5.73. The maximum Gasteiger partial charge on any atom is 0.490 e. The molecular weight excluding hydrogens is 531 g/mol. The third-order valence-electron chi connectivity index (χ3n) is 6.36. The van der Waals surface area contributed by atoms with Gasteiger partial charge in [-0.15, -0.1) is 0 Å². The van der Waals surface area contributed by atoms with Crippen LogP contribution in [0, 0.1) is 11.7 Å². The van der Waals surface area contributed by atoms with E-state index in [9.17, 15) is 30.7 Å². The molecule has 1 saturated carbocycles. The van der Waals surface area contributed by atoms with Crippen molar-refractivity contribution in [2.45, 2.75) is 62.6 Å². The van der Waals surface area contributed by atoms with Crippen molar-refractivity contribution in [3.05, 3.63) is 29.8 Å². The Kier molecular flexibility index (Phi) is 10.9. The molecule has 0 aromatic carbocycles. The zero-order chi connectivity index (χ0) is 28.7. The Balaban J connectivity index is 0.000000301. The van der Waals surface area contributed by atoms with E-state index < -0.39 is 24.3 Å². The molecule has 4 rings (SSSR count). The maximum atomic E-state index is 13.9. The van der Waals surface area contributed by atoms with E-state index in [1.165, 1.54) is 19.0 Å². The highest BCUT2D eigenvalue weighted by Crippen LogP contribution is 2.39. The summed E-state index contributed by atoms with van der Waals surface area (Å²) in [5.41, 5.74) is 0.738. The fraction of sp³-hybridized carbons (Fsp3) is 0.696. The van der Waals surface area contributed by atoms with Gasteiger partial charge in [0.1, 0.15) is 5.82 Å². The number of carboxylic acids is 2. The van der Waals surface area contributed by atoms with Gasteiger partial charge in [-0.25, -0.2) is 14.0 Å². The van der Waals surface area contributed by atoms with E-state index in [4.69, 9.17) is 24.5 Å². The minimum atomic E-state index is -5.08. The zero-order valence-corrected chi connectivity index (χ0v) is 20.6. The number of rotatable bonds is 5. The number of aromatic nitrogens is 1. The lowest BCUT2D eigenvalue weighted by molar-refractivity contribution is -0.193. The van der Waals surface area contributed by atoms with Crippen LogP contribution in [-0.4, -0.2) is 94.2 Å². The molecule has 1 aromatic rings. The SMILES string of the molecule is CN(CC1COC2(CCCN(Cc3ccncc3F)C2)C1)C1CC1.O=C(O)C(F)(F)F.O=C(O)C(F)(F)F. The number of hydrogen-bond acceptors (Lipinski definition) is 6.